The van der Waals surface area contributed by atoms with Crippen LogP contribution in [0.15, 0.2) is 29.3 Å². The Bertz CT molecular complexity index is 333. The first-order chi connectivity index (χ1) is 5.77. The first kappa shape index (κ1) is 7.62. The number of para-hydroxylation sites is 2. The van der Waals surface area contributed by atoms with E-state index in [1.165, 1.54) is 0 Å². The highest BCUT2D eigenvalue weighted by atomic mass is 35.5. The maximum absolute atomic E-state index is 5.88. The van der Waals surface area contributed by atoms with Crippen molar-refractivity contribution in [2.75, 3.05) is 5.32 Å². The summed E-state index contributed by atoms with van der Waals surface area (Å²) >= 11 is 5.88. The van der Waals surface area contributed by atoms with Crippen molar-refractivity contribution in [3.05, 3.63) is 24.3 Å². The average molecular weight is 181 g/mol. The molecule has 0 aliphatic carbocycles. The standard InChI is InChI=1S/C9H9ClN2/c1-6-9(10)12-8-5-3-2-4-7(8)11-6/h2-6,11H,1H3. The molecule has 3 heteroatoms. The highest BCUT2D eigenvalue weighted by Gasteiger charge is 2.15. The van der Waals surface area contributed by atoms with Crippen molar-refractivity contribution < 1.29 is 0 Å². The fourth-order valence-electron chi connectivity index (χ4n) is 1.20. The van der Waals surface area contributed by atoms with Crippen molar-refractivity contribution in [2.24, 2.45) is 4.99 Å². The topological polar surface area (TPSA) is 24.4 Å². The van der Waals surface area contributed by atoms with Crippen LogP contribution in [0.1, 0.15) is 6.92 Å². The molecule has 1 atom stereocenters. The van der Waals surface area contributed by atoms with Gasteiger partial charge >= 0.3 is 0 Å². The Hall–Kier alpha value is -1.02. The predicted molar refractivity (Wildman–Crippen MR) is 52.5 cm³/mol. The van der Waals surface area contributed by atoms with Crippen LogP contribution in [-0.2, 0) is 0 Å². The molecule has 0 amide bonds. The molecular weight excluding hydrogens is 172 g/mol. The number of halogens is 1. The molecule has 0 aromatic heterocycles. The first-order valence-electron chi connectivity index (χ1n) is 3.87. The second-order valence-electron chi connectivity index (χ2n) is 2.82. The lowest BCUT2D eigenvalue weighted by atomic mass is 10.2. The largest absolute Gasteiger partial charge is 0.374 e. The lowest BCUT2D eigenvalue weighted by Gasteiger charge is -2.20. The highest BCUT2D eigenvalue weighted by Crippen LogP contribution is 2.29. The molecule has 62 valence electrons. The fourth-order valence-corrected chi connectivity index (χ4v) is 1.34. The smallest absolute Gasteiger partial charge is 0.128 e. The zero-order valence-electron chi connectivity index (χ0n) is 6.71. The van der Waals surface area contributed by atoms with Crippen molar-refractivity contribution in [1.82, 2.24) is 0 Å². The molecule has 0 radical (unpaired) electrons. The Morgan fingerprint density at radius 3 is 3.00 bits per heavy atom. The molecule has 0 spiro atoms. The van der Waals surface area contributed by atoms with E-state index >= 15 is 0 Å². The van der Waals surface area contributed by atoms with Gasteiger partial charge in [0, 0.05) is 0 Å². The zero-order chi connectivity index (χ0) is 8.55. The molecule has 1 aromatic carbocycles. The Morgan fingerprint density at radius 2 is 2.17 bits per heavy atom. The van der Waals surface area contributed by atoms with Crippen LogP contribution in [0.3, 0.4) is 0 Å². The fraction of sp³-hybridized carbons (Fsp3) is 0.222. The second-order valence-corrected chi connectivity index (χ2v) is 3.20. The number of hydrogen-bond acceptors (Lipinski definition) is 2. The van der Waals surface area contributed by atoms with E-state index in [1.54, 1.807) is 0 Å². The predicted octanol–water partition coefficient (Wildman–Crippen LogP) is 2.77. The third kappa shape index (κ3) is 1.18. The Balaban J connectivity index is 2.49. The van der Waals surface area contributed by atoms with Crippen molar-refractivity contribution in [3.8, 4) is 0 Å². The number of anilines is 1. The summed E-state index contributed by atoms with van der Waals surface area (Å²) in [6.45, 7) is 1.99. The third-order valence-electron chi connectivity index (χ3n) is 1.86. The molecule has 1 aromatic rings. The normalized spacial score (nSPS) is 20.8. The molecule has 1 N–H and O–H groups in total. The van der Waals surface area contributed by atoms with Gasteiger partial charge in [0.15, 0.2) is 0 Å². The van der Waals surface area contributed by atoms with Gasteiger partial charge in [0.05, 0.1) is 17.4 Å². The lowest BCUT2D eigenvalue weighted by molar-refractivity contribution is 1.04. The van der Waals surface area contributed by atoms with E-state index in [1.807, 2.05) is 31.2 Å². The molecule has 12 heavy (non-hydrogen) atoms. The molecule has 1 aliphatic rings. The van der Waals surface area contributed by atoms with Crippen LogP contribution in [0.4, 0.5) is 11.4 Å². The van der Waals surface area contributed by atoms with Gasteiger partial charge in [-0.2, -0.15) is 0 Å². The second kappa shape index (κ2) is 2.79. The van der Waals surface area contributed by atoms with Crippen LogP contribution in [-0.4, -0.2) is 11.2 Å². The van der Waals surface area contributed by atoms with Gasteiger partial charge in [0.1, 0.15) is 5.17 Å². The minimum atomic E-state index is 0.126. The van der Waals surface area contributed by atoms with Gasteiger partial charge < -0.3 is 5.32 Å². The van der Waals surface area contributed by atoms with E-state index < -0.39 is 0 Å². The van der Waals surface area contributed by atoms with E-state index in [4.69, 9.17) is 11.6 Å². The van der Waals surface area contributed by atoms with E-state index in [-0.39, 0.29) is 6.04 Å². The monoisotopic (exact) mass is 180 g/mol. The van der Waals surface area contributed by atoms with E-state index in [0.717, 1.165) is 11.4 Å². The van der Waals surface area contributed by atoms with Crippen molar-refractivity contribution >= 4 is 28.1 Å². The minimum Gasteiger partial charge on any atom is -0.374 e. The molecule has 2 rings (SSSR count). The van der Waals surface area contributed by atoms with E-state index in [2.05, 4.69) is 10.3 Å². The quantitative estimate of drug-likeness (QED) is 0.653. The Labute approximate surface area is 76.3 Å². The number of hydrogen-bond donors (Lipinski definition) is 1. The molecule has 1 heterocycles. The summed E-state index contributed by atoms with van der Waals surface area (Å²) in [5.41, 5.74) is 1.97. The van der Waals surface area contributed by atoms with Crippen molar-refractivity contribution in [1.29, 1.82) is 0 Å². The van der Waals surface area contributed by atoms with Crippen LogP contribution in [0.25, 0.3) is 0 Å². The minimum absolute atomic E-state index is 0.126. The van der Waals surface area contributed by atoms with E-state index in [9.17, 15) is 0 Å². The first-order valence-corrected chi connectivity index (χ1v) is 4.25. The number of nitrogens with zero attached hydrogens (tertiary/aromatic N) is 1. The molecule has 1 aliphatic heterocycles. The molecule has 0 bridgehead atoms. The van der Waals surface area contributed by atoms with Gasteiger partial charge in [-0.1, -0.05) is 23.7 Å². The number of nitrogens with one attached hydrogen (secondary N) is 1. The van der Waals surface area contributed by atoms with Gasteiger partial charge in [-0.05, 0) is 19.1 Å². The van der Waals surface area contributed by atoms with Crippen molar-refractivity contribution in [3.63, 3.8) is 0 Å². The maximum Gasteiger partial charge on any atom is 0.128 e. The molecule has 0 saturated carbocycles. The lowest BCUT2D eigenvalue weighted by Crippen LogP contribution is -2.24. The molecule has 1 unspecified atom stereocenters. The third-order valence-corrected chi connectivity index (χ3v) is 2.27. The van der Waals surface area contributed by atoms with Crippen LogP contribution in [0.2, 0.25) is 0 Å². The molecular formula is C9H9ClN2. The number of aliphatic imine (C=N–C) groups is 1. The van der Waals surface area contributed by atoms with Gasteiger partial charge in [-0.25, -0.2) is 4.99 Å². The van der Waals surface area contributed by atoms with Crippen LogP contribution < -0.4 is 5.32 Å². The molecule has 0 saturated heterocycles. The summed E-state index contributed by atoms with van der Waals surface area (Å²) in [4.78, 5) is 4.25. The van der Waals surface area contributed by atoms with Gasteiger partial charge in [0.25, 0.3) is 0 Å². The summed E-state index contributed by atoms with van der Waals surface area (Å²) in [7, 11) is 0. The van der Waals surface area contributed by atoms with Gasteiger partial charge in [-0.3, -0.25) is 0 Å². The van der Waals surface area contributed by atoms with Crippen molar-refractivity contribution in [2.45, 2.75) is 13.0 Å². The molecule has 0 fully saturated rings. The zero-order valence-corrected chi connectivity index (χ0v) is 7.47. The summed E-state index contributed by atoms with van der Waals surface area (Å²) in [5, 5.41) is 3.87. The average Bonchev–Trinajstić information content (AvgIpc) is 2.07. The summed E-state index contributed by atoms with van der Waals surface area (Å²) < 4.78 is 0. The number of benzene rings is 1. The number of rotatable bonds is 0. The Kier molecular flexibility index (Phi) is 1.77. The van der Waals surface area contributed by atoms with Gasteiger partial charge in [0.2, 0.25) is 0 Å². The Morgan fingerprint density at radius 1 is 1.42 bits per heavy atom. The highest BCUT2D eigenvalue weighted by molar-refractivity contribution is 6.67. The summed E-state index contributed by atoms with van der Waals surface area (Å²) in [6, 6.07) is 7.99. The maximum atomic E-state index is 5.88. The number of fused-ring (bicyclic) bond motifs is 1. The van der Waals surface area contributed by atoms with Gasteiger partial charge in [-0.15, -0.1) is 0 Å². The summed E-state index contributed by atoms with van der Waals surface area (Å²) in [5.74, 6) is 0. The SMILES string of the molecule is CC1Nc2ccccc2N=C1Cl. The van der Waals surface area contributed by atoms with E-state index in [0.29, 0.717) is 5.17 Å². The summed E-state index contributed by atoms with van der Waals surface area (Å²) in [6.07, 6.45) is 0. The van der Waals surface area contributed by atoms with Crippen LogP contribution >= 0.6 is 11.6 Å². The van der Waals surface area contributed by atoms with Crippen LogP contribution in [0, 0.1) is 0 Å². The molecule has 2 nitrogen and oxygen atoms in total. The van der Waals surface area contributed by atoms with Crippen LogP contribution in [0.5, 0.6) is 0 Å².